The first kappa shape index (κ1) is 19.2. The molecule has 114 valence electrons. The smallest absolute Gasteiger partial charge is 0.119 e. The summed E-state index contributed by atoms with van der Waals surface area (Å²) in [4.78, 5) is 9.99. The minimum absolute atomic E-state index is 0.732. The summed E-state index contributed by atoms with van der Waals surface area (Å²) in [7, 11) is 0. The van der Waals surface area contributed by atoms with Crippen molar-refractivity contribution in [1.29, 1.82) is 0 Å². The van der Waals surface area contributed by atoms with Crippen LogP contribution in [-0.2, 0) is 4.79 Å². The van der Waals surface area contributed by atoms with Gasteiger partial charge in [-0.15, -0.1) is 11.8 Å². The number of rotatable bonds is 8. The number of hydrogen-bond donors (Lipinski definition) is 0. The van der Waals surface area contributed by atoms with Gasteiger partial charge in [-0.1, -0.05) is 69.2 Å². The fourth-order valence-corrected chi connectivity index (χ4v) is 1.77. The van der Waals surface area contributed by atoms with E-state index in [2.05, 4.69) is 25.3 Å². The number of unbranched alkanes of at least 4 members (excludes halogenated alkanes) is 6. The van der Waals surface area contributed by atoms with Gasteiger partial charge in [0.05, 0.1) is 0 Å². The van der Waals surface area contributed by atoms with Crippen LogP contribution in [0.2, 0.25) is 0 Å². The Labute approximate surface area is 130 Å². The summed E-state index contributed by atoms with van der Waals surface area (Å²) in [5.74, 6) is 6.19. The molecule has 0 spiro atoms. The van der Waals surface area contributed by atoms with E-state index >= 15 is 0 Å². The summed E-state index contributed by atoms with van der Waals surface area (Å²) in [5.41, 5.74) is 1.17. The zero-order chi connectivity index (χ0) is 15.6. The van der Waals surface area contributed by atoms with Crippen molar-refractivity contribution < 1.29 is 4.79 Å². The first-order valence-electron chi connectivity index (χ1n) is 7.92. The SMILES string of the molecule is C=Cc1ccccc1.CCC#CCCCCCCCC=O. The van der Waals surface area contributed by atoms with Crippen LogP contribution in [0.15, 0.2) is 36.9 Å². The fourth-order valence-electron chi connectivity index (χ4n) is 1.77. The maximum absolute atomic E-state index is 9.99. The highest BCUT2D eigenvalue weighted by atomic mass is 16.1. The molecule has 0 N–H and O–H groups in total. The van der Waals surface area contributed by atoms with Crippen LogP contribution in [0.4, 0.5) is 0 Å². The predicted molar refractivity (Wildman–Crippen MR) is 93.0 cm³/mol. The van der Waals surface area contributed by atoms with Gasteiger partial charge in [-0.2, -0.15) is 0 Å². The lowest BCUT2D eigenvalue weighted by Gasteiger charge is -1.95. The van der Waals surface area contributed by atoms with Gasteiger partial charge in [-0.05, 0) is 18.4 Å². The number of aldehydes is 1. The van der Waals surface area contributed by atoms with Crippen LogP contribution in [0.1, 0.15) is 63.9 Å². The van der Waals surface area contributed by atoms with Crippen molar-refractivity contribution in [1.82, 2.24) is 0 Å². The molecule has 0 heterocycles. The van der Waals surface area contributed by atoms with E-state index in [1.807, 2.05) is 36.4 Å². The summed E-state index contributed by atoms with van der Waals surface area (Å²) in [6.45, 7) is 5.71. The molecular weight excluding hydrogens is 256 g/mol. The minimum Gasteiger partial charge on any atom is -0.303 e. The molecule has 0 bridgehead atoms. The lowest BCUT2D eigenvalue weighted by Crippen LogP contribution is -1.80. The Kier molecular flexibility index (Phi) is 14.8. The van der Waals surface area contributed by atoms with Gasteiger partial charge in [-0.25, -0.2) is 0 Å². The molecule has 1 aromatic carbocycles. The second-order valence-electron chi connectivity index (χ2n) is 4.80. The summed E-state index contributed by atoms with van der Waals surface area (Å²) >= 11 is 0. The molecular formula is C20H28O. The quantitative estimate of drug-likeness (QED) is 0.342. The monoisotopic (exact) mass is 284 g/mol. The third-order valence-corrected chi connectivity index (χ3v) is 2.96. The van der Waals surface area contributed by atoms with Gasteiger partial charge in [0, 0.05) is 19.3 Å². The number of carbonyl (C=O) groups excluding carboxylic acids is 1. The molecule has 0 aliphatic heterocycles. The maximum Gasteiger partial charge on any atom is 0.119 e. The van der Waals surface area contributed by atoms with E-state index in [1.165, 1.54) is 31.2 Å². The Bertz CT molecular complexity index is 408. The van der Waals surface area contributed by atoms with E-state index in [0.29, 0.717) is 0 Å². The molecule has 1 heteroatoms. The Morgan fingerprint density at radius 3 is 2.24 bits per heavy atom. The average Bonchev–Trinajstić information content (AvgIpc) is 2.55. The zero-order valence-electron chi connectivity index (χ0n) is 13.3. The second kappa shape index (κ2) is 16.2. The fraction of sp³-hybridized carbons (Fsp3) is 0.450. The maximum atomic E-state index is 9.99. The van der Waals surface area contributed by atoms with Gasteiger partial charge >= 0.3 is 0 Å². The molecule has 0 fully saturated rings. The highest BCUT2D eigenvalue weighted by molar-refractivity contribution is 5.48. The Morgan fingerprint density at radius 2 is 1.67 bits per heavy atom. The number of hydrogen-bond acceptors (Lipinski definition) is 1. The van der Waals surface area contributed by atoms with Crippen LogP contribution in [0.5, 0.6) is 0 Å². The van der Waals surface area contributed by atoms with Crippen LogP contribution in [-0.4, -0.2) is 6.29 Å². The molecule has 1 rings (SSSR count). The molecule has 1 aromatic rings. The van der Waals surface area contributed by atoms with Crippen molar-refractivity contribution in [2.75, 3.05) is 0 Å². The molecule has 0 atom stereocenters. The molecule has 0 aliphatic rings. The molecule has 1 nitrogen and oxygen atoms in total. The zero-order valence-corrected chi connectivity index (χ0v) is 13.3. The molecule has 21 heavy (non-hydrogen) atoms. The predicted octanol–water partition coefficient (Wildman–Crippen LogP) is 5.66. The van der Waals surface area contributed by atoms with Crippen LogP contribution in [0.25, 0.3) is 6.08 Å². The molecule has 0 amide bonds. The second-order valence-corrected chi connectivity index (χ2v) is 4.80. The van der Waals surface area contributed by atoms with E-state index in [4.69, 9.17) is 0 Å². The van der Waals surface area contributed by atoms with Crippen LogP contribution in [0, 0.1) is 11.8 Å². The van der Waals surface area contributed by atoms with Crippen molar-refractivity contribution in [3.05, 3.63) is 42.5 Å². The highest BCUT2D eigenvalue weighted by Gasteiger charge is 1.88. The summed E-state index contributed by atoms with van der Waals surface area (Å²) in [6.07, 6.45) is 11.6. The molecule has 0 radical (unpaired) electrons. The molecule has 0 unspecified atom stereocenters. The first-order valence-corrected chi connectivity index (χ1v) is 7.92. The third kappa shape index (κ3) is 14.4. The van der Waals surface area contributed by atoms with Crippen molar-refractivity contribution >= 4 is 12.4 Å². The number of benzene rings is 1. The van der Waals surface area contributed by atoms with E-state index in [1.54, 1.807) is 0 Å². The highest BCUT2D eigenvalue weighted by Crippen LogP contribution is 2.05. The van der Waals surface area contributed by atoms with Crippen molar-refractivity contribution in [2.24, 2.45) is 0 Å². The van der Waals surface area contributed by atoms with Crippen LogP contribution >= 0.6 is 0 Å². The lowest BCUT2D eigenvalue weighted by atomic mass is 10.1. The average molecular weight is 284 g/mol. The Balaban J connectivity index is 0.000000423. The van der Waals surface area contributed by atoms with Gasteiger partial charge in [0.25, 0.3) is 0 Å². The van der Waals surface area contributed by atoms with Crippen molar-refractivity contribution in [3.8, 4) is 11.8 Å². The minimum atomic E-state index is 0.732. The van der Waals surface area contributed by atoms with Gasteiger partial charge < -0.3 is 4.79 Å². The normalized spacial score (nSPS) is 8.81. The lowest BCUT2D eigenvalue weighted by molar-refractivity contribution is -0.107. The van der Waals surface area contributed by atoms with E-state index in [9.17, 15) is 4.79 Å². The van der Waals surface area contributed by atoms with E-state index in [-0.39, 0.29) is 0 Å². The Morgan fingerprint density at radius 1 is 1.00 bits per heavy atom. The Hall–Kier alpha value is -1.81. The van der Waals surface area contributed by atoms with Crippen LogP contribution < -0.4 is 0 Å². The largest absolute Gasteiger partial charge is 0.303 e. The van der Waals surface area contributed by atoms with E-state index < -0.39 is 0 Å². The number of carbonyl (C=O) groups is 1. The van der Waals surface area contributed by atoms with Crippen LogP contribution in [0.3, 0.4) is 0 Å². The third-order valence-electron chi connectivity index (χ3n) is 2.96. The molecule has 0 aromatic heterocycles. The molecule has 0 saturated heterocycles. The summed E-state index contributed by atoms with van der Waals surface area (Å²) < 4.78 is 0. The topological polar surface area (TPSA) is 17.1 Å². The van der Waals surface area contributed by atoms with Gasteiger partial charge in [-0.3, -0.25) is 0 Å². The molecule has 0 aliphatic carbocycles. The first-order chi connectivity index (χ1) is 10.3. The summed E-state index contributed by atoms with van der Waals surface area (Å²) in [6, 6.07) is 10.0. The van der Waals surface area contributed by atoms with Crippen molar-refractivity contribution in [3.63, 3.8) is 0 Å². The van der Waals surface area contributed by atoms with E-state index in [0.717, 1.165) is 32.0 Å². The van der Waals surface area contributed by atoms with Gasteiger partial charge in [0.15, 0.2) is 0 Å². The van der Waals surface area contributed by atoms with Gasteiger partial charge in [0.1, 0.15) is 6.29 Å². The summed E-state index contributed by atoms with van der Waals surface area (Å²) in [5, 5.41) is 0. The standard InChI is InChI=1S/C12H20O.C8H8/c1-2-3-4-5-6-7-8-9-10-11-12-13;1-2-8-6-4-3-5-7-8/h12H,2,5-11H2,1H3;2-7H,1H2. The van der Waals surface area contributed by atoms with Crippen molar-refractivity contribution in [2.45, 2.75) is 58.3 Å². The molecule has 0 saturated carbocycles. The van der Waals surface area contributed by atoms with Gasteiger partial charge in [0.2, 0.25) is 0 Å².